The minimum absolute atomic E-state index is 0.187. The second kappa shape index (κ2) is 4.46. The Labute approximate surface area is 83.2 Å². The Morgan fingerprint density at radius 2 is 2.00 bits per heavy atom. The zero-order valence-electron chi connectivity index (χ0n) is 8.12. The fourth-order valence-electron chi connectivity index (χ4n) is 1.14. The van der Waals surface area contributed by atoms with Gasteiger partial charge in [-0.25, -0.2) is 0 Å². The number of nitrogens with two attached hydrogens (primary N) is 1. The minimum atomic E-state index is -0.370. The monoisotopic (exact) mass is 191 g/mol. The molecule has 0 saturated carbocycles. The molecule has 0 saturated heterocycles. The molecule has 0 atom stereocenters. The summed E-state index contributed by atoms with van der Waals surface area (Å²) in [4.78, 5) is 10.6. The first-order chi connectivity index (χ1) is 6.63. The summed E-state index contributed by atoms with van der Waals surface area (Å²) in [6.45, 7) is 3.78. The first-order valence-electron chi connectivity index (χ1n) is 4.24. The van der Waals surface area contributed by atoms with Crippen LogP contribution in [-0.4, -0.2) is 13.0 Å². The Balaban J connectivity index is 2.76. The first-order valence-corrected chi connectivity index (χ1v) is 4.24. The number of carbonyl (C=O) groups is 1. The number of rotatable bonds is 4. The molecule has 0 fully saturated rings. The maximum atomic E-state index is 10.6. The van der Waals surface area contributed by atoms with Crippen LogP contribution in [0.3, 0.4) is 0 Å². The van der Waals surface area contributed by atoms with Crippen LogP contribution in [0, 0.1) is 0 Å². The molecule has 0 spiro atoms. The average Bonchev–Trinajstić information content (AvgIpc) is 2.17. The lowest BCUT2D eigenvalue weighted by atomic mass is 10.0. The number of methoxy groups -OCH3 is 1. The van der Waals surface area contributed by atoms with Crippen molar-refractivity contribution < 1.29 is 9.53 Å². The van der Waals surface area contributed by atoms with Crippen LogP contribution in [0.15, 0.2) is 30.8 Å². The van der Waals surface area contributed by atoms with Crippen molar-refractivity contribution in [3.63, 3.8) is 0 Å². The third-order valence-corrected chi connectivity index (χ3v) is 1.89. The molecule has 1 aromatic carbocycles. The molecule has 2 N–H and O–H groups in total. The van der Waals surface area contributed by atoms with Gasteiger partial charge in [0.05, 0.1) is 13.5 Å². The maximum Gasteiger partial charge on any atom is 0.221 e. The van der Waals surface area contributed by atoms with Crippen molar-refractivity contribution in [2.24, 2.45) is 5.73 Å². The Kier molecular flexibility index (Phi) is 3.29. The third-order valence-electron chi connectivity index (χ3n) is 1.89. The van der Waals surface area contributed by atoms with Gasteiger partial charge < -0.3 is 10.5 Å². The highest BCUT2D eigenvalue weighted by molar-refractivity contribution is 5.86. The molecule has 0 aliphatic carbocycles. The summed E-state index contributed by atoms with van der Waals surface area (Å²) >= 11 is 0. The van der Waals surface area contributed by atoms with Gasteiger partial charge in [-0.15, -0.1) is 0 Å². The molecule has 0 bridgehead atoms. The molecule has 0 heterocycles. The van der Waals surface area contributed by atoms with Gasteiger partial charge in [0.15, 0.2) is 0 Å². The Hall–Kier alpha value is -1.77. The summed E-state index contributed by atoms with van der Waals surface area (Å²) in [5, 5.41) is 0. The predicted molar refractivity (Wildman–Crippen MR) is 55.8 cm³/mol. The average molecular weight is 191 g/mol. The summed E-state index contributed by atoms with van der Waals surface area (Å²) in [6.07, 6.45) is 0.187. The lowest BCUT2D eigenvalue weighted by molar-refractivity contribution is -0.117. The Bertz CT molecular complexity index is 341. The van der Waals surface area contributed by atoms with Crippen LogP contribution < -0.4 is 10.5 Å². The van der Waals surface area contributed by atoms with E-state index in [-0.39, 0.29) is 12.3 Å². The summed E-state index contributed by atoms with van der Waals surface area (Å²) in [5.74, 6) is 0.409. The fourth-order valence-corrected chi connectivity index (χ4v) is 1.14. The topological polar surface area (TPSA) is 52.3 Å². The molecule has 0 aromatic heterocycles. The summed E-state index contributed by atoms with van der Waals surface area (Å²) in [6, 6.07) is 7.34. The van der Waals surface area contributed by atoms with Gasteiger partial charge in [0, 0.05) is 0 Å². The van der Waals surface area contributed by atoms with E-state index in [0.29, 0.717) is 0 Å². The highest BCUT2D eigenvalue weighted by Gasteiger charge is 2.02. The number of ether oxygens (including phenoxy) is 1. The first kappa shape index (κ1) is 10.3. The molecule has 0 aliphatic heterocycles. The molecule has 3 heteroatoms. The van der Waals surface area contributed by atoms with Gasteiger partial charge in [-0.2, -0.15) is 0 Å². The predicted octanol–water partition coefficient (Wildman–Crippen LogP) is 1.58. The molecule has 3 nitrogen and oxygen atoms in total. The van der Waals surface area contributed by atoms with E-state index in [1.54, 1.807) is 7.11 Å². The largest absolute Gasteiger partial charge is 0.497 e. The minimum Gasteiger partial charge on any atom is -0.497 e. The Morgan fingerprint density at radius 1 is 1.43 bits per heavy atom. The quantitative estimate of drug-likeness (QED) is 0.785. The van der Waals surface area contributed by atoms with E-state index in [1.807, 2.05) is 24.3 Å². The SMILES string of the molecule is C=C(CC(N)=O)c1ccc(OC)cc1. The van der Waals surface area contributed by atoms with Crippen LogP contribution >= 0.6 is 0 Å². The van der Waals surface area contributed by atoms with Crippen molar-refractivity contribution in [1.29, 1.82) is 0 Å². The van der Waals surface area contributed by atoms with Gasteiger partial charge >= 0.3 is 0 Å². The number of primary amides is 1. The number of amides is 1. The van der Waals surface area contributed by atoms with Crippen LogP contribution in [-0.2, 0) is 4.79 Å². The van der Waals surface area contributed by atoms with Crippen LogP contribution in [0.5, 0.6) is 5.75 Å². The van der Waals surface area contributed by atoms with Gasteiger partial charge in [0.2, 0.25) is 5.91 Å². The molecule has 74 valence electrons. The second-order valence-electron chi connectivity index (χ2n) is 2.98. The lowest BCUT2D eigenvalue weighted by Crippen LogP contribution is -2.10. The van der Waals surface area contributed by atoms with E-state index < -0.39 is 0 Å². The standard InChI is InChI=1S/C11H13NO2/c1-8(7-11(12)13)9-3-5-10(14-2)6-4-9/h3-6H,1,7H2,2H3,(H2,12,13). The molecule has 0 unspecified atom stereocenters. The molecule has 1 amide bonds. The van der Waals surface area contributed by atoms with Crippen molar-refractivity contribution in [1.82, 2.24) is 0 Å². The van der Waals surface area contributed by atoms with Crippen molar-refractivity contribution in [3.8, 4) is 5.75 Å². The van der Waals surface area contributed by atoms with Gasteiger partial charge in [0.1, 0.15) is 5.75 Å². The van der Waals surface area contributed by atoms with Crippen LogP contribution in [0.25, 0.3) is 5.57 Å². The van der Waals surface area contributed by atoms with Gasteiger partial charge in [-0.05, 0) is 23.3 Å². The van der Waals surface area contributed by atoms with Crippen molar-refractivity contribution in [2.45, 2.75) is 6.42 Å². The zero-order valence-corrected chi connectivity index (χ0v) is 8.12. The molecule has 0 aliphatic rings. The summed E-state index contributed by atoms with van der Waals surface area (Å²) < 4.78 is 5.01. The Morgan fingerprint density at radius 3 is 2.43 bits per heavy atom. The van der Waals surface area contributed by atoms with Gasteiger partial charge in [-0.3, -0.25) is 4.79 Å². The van der Waals surface area contributed by atoms with Crippen LogP contribution in [0.1, 0.15) is 12.0 Å². The van der Waals surface area contributed by atoms with Crippen molar-refractivity contribution in [3.05, 3.63) is 36.4 Å². The molecule has 14 heavy (non-hydrogen) atoms. The van der Waals surface area contributed by atoms with Gasteiger partial charge in [-0.1, -0.05) is 18.7 Å². The molecule has 1 aromatic rings. The number of benzene rings is 1. The number of carbonyl (C=O) groups excluding carboxylic acids is 1. The van der Waals surface area contributed by atoms with Gasteiger partial charge in [0.25, 0.3) is 0 Å². The molecule has 1 rings (SSSR count). The third kappa shape index (κ3) is 2.62. The van der Waals surface area contributed by atoms with E-state index in [0.717, 1.165) is 16.9 Å². The van der Waals surface area contributed by atoms with Crippen LogP contribution in [0.4, 0.5) is 0 Å². The van der Waals surface area contributed by atoms with Crippen LogP contribution in [0.2, 0.25) is 0 Å². The van der Waals surface area contributed by atoms with E-state index in [9.17, 15) is 4.79 Å². The summed E-state index contributed by atoms with van der Waals surface area (Å²) in [5.41, 5.74) is 6.69. The van der Waals surface area contributed by atoms with E-state index in [4.69, 9.17) is 10.5 Å². The second-order valence-corrected chi connectivity index (χ2v) is 2.98. The normalized spacial score (nSPS) is 9.50. The smallest absolute Gasteiger partial charge is 0.221 e. The lowest BCUT2D eigenvalue weighted by Gasteiger charge is -2.04. The molecular weight excluding hydrogens is 178 g/mol. The zero-order chi connectivity index (χ0) is 10.6. The van der Waals surface area contributed by atoms with E-state index >= 15 is 0 Å². The highest BCUT2D eigenvalue weighted by Crippen LogP contribution is 2.19. The maximum absolute atomic E-state index is 10.6. The van der Waals surface area contributed by atoms with E-state index in [1.165, 1.54) is 0 Å². The summed E-state index contributed by atoms with van der Waals surface area (Å²) in [7, 11) is 1.60. The van der Waals surface area contributed by atoms with Crippen molar-refractivity contribution in [2.75, 3.05) is 7.11 Å². The molecular formula is C11H13NO2. The van der Waals surface area contributed by atoms with Crippen molar-refractivity contribution >= 4 is 11.5 Å². The van der Waals surface area contributed by atoms with E-state index in [2.05, 4.69) is 6.58 Å². The number of hydrogen-bond donors (Lipinski definition) is 1. The fraction of sp³-hybridized carbons (Fsp3) is 0.182. The molecule has 0 radical (unpaired) electrons. The highest BCUT2D eigenvalue weighted by atomic mass is 16.5. The number of hydrogen-bond acceptors (Lipinski definition) is 2.